The number of benzene rings is 1. The molecule has 0 radical (unpaired) electrons. The molecule has 1 aromatic carbocycles. The van der Waals surface area contributed by atoms with E-state index in [0.29, 0.717) is 5.56 Å². The van der Waals surface area contributed by atoms with Gasteiger partial charge in [-0.25, -0.2) is 4.79 Å². The summed E-state index contributed by atoms with van der Waals surface area (Å²) in [5.41, 5.74) is 6.22. The zero-order chi connectivity index (χ0) is 19.1. The first kappa shape index (κ1) is 20.4. The van der Waals surface area contributed by atoms with E-state index in [0.717, 1.165) is 0 Å². The first-order valence-corrected chi connectivity index (χ1v) is 7.98. The fraction of sp³-hybridized carbons (Fsp3) is 0.471. The van der Waals surface area contributed by atoms with Gasteiger partial charge < -0.3 is 26.6 Å². The van der Waals surface area contributed by atoms with E-state index in [1.54, 1.807) is 26.0 Å². The molecule has 8 heteroatoms. The summed E-state index contributed by atoms with van der Waals surface area (Å²) in [6.45, 7) is 4.84. The summed E-state index contributed by atoms with van der Waals surface area (Å²) < 4.78 is 0. The standard InChI is InChI=1S/C17H25N3O5/c1-9(2)14(17(24)25)20-16(23)13(19-15(22)10(3)18)8-11-4-6-12(21)7-5-11/h4-7,9-10,13-14,21H,8,18H2,1-3H3,(H,19,22)(H,20,23)(H,24,25). The second-order valence-electron chi connectivity index (χ2n) is 6.29. The quantitative estimate of drug-likeness (QED) is 0.446. The molecule has 1 rings (SSSR count). The molecule has 0 spiro atoms. The van der Waals surface area contributed by atoms with Gasteiger partial charge in [0, 0.05) is 6.42 Å². The summed E-state index contributed by atoms with van der Waals surface area (Å²) in [4.78, 5) is 35.7. The molecule has 0 saturated heterocycles. The van der Waals surface area contributed by atoms with Crippen LogP contribution in [0.2, 0.25) is 0 Å². The van der Waals surface area contributed by atoms with Gasteiger partial charge in [0.1, 0.15) is 17.8 Å². The van der Waals surface area contributed by atoms with Crippen molar-refractivity contribution in [2.24, 2.45) is 11.7 Å². The zero-order valence-corrected chi connectivity index (χ0v) is 14.5. The van der Waals surface area contributed by atoms with Crippen molar-refractivity contribution in [3.05, 3.63) is 29.8 Å². The Morgan fingerprint density at radius 3 is 2.04 bits per heavy atom. The third-order valence-corrected chi connectivity index (χ3v) is 3.65. The molecule has 0 saturated carbocycles. The van der Waals surface area contributed by atoms with Crippen molar-refractivity contribution >= 4 is 17.8 Å². The second kappa shape index (κ2) is 9.03. The topological polar surface area (TPSA) is 142 Å². The number of carboxylic acid groups (broad SMARTS) is 1. The van der Waals surface area contributed by atoms with Gasteiger partial charge in [0.15, 0.2) is 0 Å². The van der Waals surface area contributed by atoms with Crippen LogP contribution in [0.3, 0.4) is 0 Å². The first-order valence-electron chi connectivity index (χ1n) is 7.98. The number of rotatable bonds is 8. The highest BCUT2D eigenvalue weighted by atomic mass is 16.4. The van der Waals surface area contributed by atoms with Gasteiger partial charge in [-0.3, -0.25) is 9.59 Å². The molecule has 2 amide bonds. The van der Waals surface area contributed by atoms with E-state index in [2.05, 4.69) is 10.6 Å². The predicted molar refractivity (Wildman–Crippen MR) is 91.8 cm³/mol. The number of nitrogens with two attached hydrogens (primary N) is 1. The van der Waals surface area contributed by atoms with Crippen LogP contribution in [0.4, 0.5) is 0 Å². The fourth-order valence-corrected chi connectivity index (χ4v) is 2.15. The SMILES string of the molecule is CC(N)C(=O)NC(Cc1ccc(O)cc1)C(=O)NC(C(=O)O)C(C)C. The molecule has 0 aliphatic heterocycles. The lowest BCUT2D eigenvalue weighted by Crippen LogP contribution is -2.55. The highest BCUT2D eigenvalue weighted by Gasteiger charge is 2.29. The first-order chi connectivity index (χ1) is 11.6. The van der Waals surface area contributed by atoms with Crippen LogP contribution >= 0.6 is 0 Å². The molecule has 6 N–H and O–H groups in total. The molecule has 0 bridgehead atoms. The lowest BCUT2D eigenvalue weighted by molar-refractivity contribution is -0.143. The Balaban J connectivity index is 2.95. The van der Waals surface area contributed by atoms with Gasteiger partial charge in [0.05, 0.1) is 6.04 Å². The summed E-state index contributed by atoms with van der Waals surface area (Å²) in [5.74, 6) is -2.51. The van der Waals surface area contributed by atoms with E-state index < -0.39 is 35.9 Å². The molecule has 3 unspecified atom stereocenters. The normalized spacial score (nSPS) is 14.4. The van der Waals surface area contributed by atoms with Crippen LogP contribution in [0.15, 0.2) is 24.3 Å². The Hall–Kier alpha value is -2.61. The highest BCUT2D eigenvalue weighted by molar-refractivity contribution is 5.91. The Morgan fingerprint density at radius 1 is 1.04 bits per heavy atom. The average molecular weight is 351 g/mol. The molecular weight excluding hydrogens is 326 g/mol. The van der Waals surface area contributed by atoms with Crippen molar-refractivity contribution in [3.8, 4) is 5.75 Å². The number of aromatic hydroxyl groups is 1. The minimum atomic E-state index is -1.15. The summed E-state index contributed by atoms with van der Waals surface area (Å²) in [6.07, 6.45) is 0.134. The zero-order valence-electron chi connectivity index (χ0n) is 14.5. The van der Waals surface area contributed by atoms with E-state index in [4.69, 9.17) is 5.73 Å². The molecule has 0 aliphatic rings. The Kier molecular flexibility index (Phi) is 7.38. The lowest BCUT2D eigenvalue weighted by Gasteiger charge is -2.24. The number of nitrogens with one attached hydrogen (secondary N) is 2. The molecule has 25 heavy (non-hydrogen) atoms. The number of hydrogen-bond donors (Lipinski definition) is 5. The molecule has 0 heterocycles. The minimum Gasteiger partial charge on any atom is -0.508 e. The number of amides is 2. The van der Waals surface area contributed by atoms with Gasteiger partial charge in [0.25, 0.3) is 0 Å². The average Bonchev–Trinajstić information content (AvgIpc) is 2.52. The maximum Gasteiger partial charge on any atom is 0.326 e. The summed E-state index contributed by atoms with van der Waals surface area (Å²) in [7, 11) is 0. The minimum absolute atomic E-state index is 0.0788. The summed E-state index contributed by atoms with van der Waals surface area (Å²) in [5, 5.41) is 23.5. The number of phenolic OH excluding ortho intramolecular Hbond substituents is 1. The number of carbonyl (C=O) groups excluding carboxylic acids is 2. The third-order valence-electron chi connectivity index (χ3n) is 3.65. The monoisotopic (exact) mass is 351 g/mol. The van der Waals surface area contributed by atoms with Crippen molar-refractivity contribution < 1.29 is 24.6 Å². The number of hydrogen-bond acceptors (Lipinski definition) is 5. The van der Waals surface area contributed by atoms with E-state index >= 15 is 0 Å². The van der Waals surface area contributed by atoms with Crippen LogP contribution in [-0.4, -0.2) is 46.1 Å². The van der Waals surface area contributed by atoms with Crippen LogP contribution < -0.4 is 16.4 Å². The number of carbonyl (C=O) groups is 3. The van der Waals surface area contributed by atoms with Gasteiger partial charge in [0.2, 0.25) is 11.8 Å². The molecule has 1 aromatic rings. The van der Waals surface area contributed by atoms with Crippen molar-refractivity contribution in [2.45, 2.75) is 45.3 Å². The maximum absolute atomic E-state index is 12.5. The molecule has 8 nitrogen and oxygen atoms in total. The largest absolute Gasteiger partial charge is 0.508 e. The Labute approximate surface area is 146 Å². The van der Waals surface area contributed by atoms with E-state index in [1.165, 1.54) is 19.1 Å². The van der Waals surface area contributed by atoms with Crippen molar-refractivity contribution in [3.63, 3.8) is 0 Å². The van der Waals surface area contributed by atoms with E-state index in [1.807, 2.05) is 0 Å². The maximum atomic E-state index is 12.5. The van der Waals surface area contributed by atoms with Crippen molar-refractivity contribution in [2.75, 3.05) is 0 Å². The van der Waals surface area contributed by atoms with Crippen molar-refractivity contribution in [1.29, 1.82) is 0 Å². The molecule has 3 atom stereocenters. The van der Waals surface area contributed by atoms with Gasteiger partial charge in [-0.2, -0.15) is 0 Å². The van der Waals surface area contributed by atoms with Crippen LogP contribution in [0.5, 0.6) is 5.75 Å². The van der Waals surface area contributed by atoms with Gasteiger partial charge in [-0.1, -0.05) is 26.0 Å². The highest BCUT2D eigenvalue weighted by Crippen LogP contribution is 2.12. The Morgan fingerprint density at radius 2 is 1.60 bits per heavy atom. The molecule has 0 aromatic heterocycles. The smallest absolute Gasteiger partial charge is 0.326 e. The second-order valence-corrected chi connectivity index (χ2v) is 6.29. The summed E-state index contributed by atoms with van der Waals surface area (Å²) in [6, 6.07) is 3.30. The van der Waals surface area contributed by atoms with Crippen LogP contribution in [0.1, 0.15) is 26.3 Å². The van der Waals surface area contributed by atoms with Crippen molar-refractivity contribution in [1.82, 2.24) is 10.6 Å². The Bertz CT molecular complexity index is 613. The summed E-state index contributed by atoms with van der Waals surface area (Å²) >= 11 is 0. The number of carboxylic acids is 1. The number of aliphatic carboxylic acids is 1. The number of phenols is 1. The van der Waals surface area contributed by atoms with E-state index in [9.17, 15) is 24.6 Å². The predicted octanol–water partition coefficient (Wildman–Crippen LogP) is -0.00790. The molecule has 0 fully saturated rings. The van der Waals surface area contributed by atoms with Crippen LogP contribution in [0.25, 0.3) is 0 Å². The molecule has 138 valence electrons. The van der Waals surface area contributed by atoms with Gasteiger partial charge in [-0.05, 0) is 30.5 Å². The third kappa shape index (κ3) is 6.42. The van der Waals surface area contributed by atoms with Gasteiger partial charge >= 0.3 is 5.97 Å². The van der Waals surface area contributed by atoms with Crippen LogP contribution in [-0.2, 0) is 20.8 Å². The van der Waals surface area contributed by atoms with E-state index in [-0.39, 0.29) is 18.1 Å². The van der Waals surface area contributed by atoms with Gasteiger partial charge in [-0.15, -0.1) is 0 Å². The molecular formula is C17H25N3O5. The molecule has 0 aliphatic carbocycles. The fourth-order valence-electron chi connectivity index (χ4n) is 2.15. The lowest BCUT2D eigenvalue weighted by atomic mass is 10.0. The van der Waals surface area contributed by atoms with Crippen LogP contribution in [0, 0.1) is 5.92 Å².